The summed E-state index contributed by atoms with van der Waals surface area (Å²) in [4.78, 5) is 26.8. The molecule has 3 aromatic carbocycles. The van der Waals surface area contributed by atoms with Crippen molar-refractivity contribution in [3.63, 3.8) is 0 Å². The van der Waals surface area contributed by atoms with Crippen LogP contribution in [-0.2, 0) is 4.79 Å². The largest absolute Gasteiger partial charge is 0.496 e. The second kappa shape index (κ2) is 6.45. The summed E-state index contributed by atoms with van der Waals surface area (Å²) >= 11 is 0. The number of ether oxygens (including phenoxy) is 2. The third-order valence-electron chi connectivity index (χ3n) is 5.74. The Bertz CT molecular complexity index is 1150. The lowest BCUT2D eigenvalue weighted by molar-refractivity contribution is -0.143. The highest BCUT2D eigenvalue weighted by Gasteiger charge is 2.63. The number of carbonyl (C=O) groups excluding carboxylic acids is 2. The lowest BCUT2D eigenvalue weighted by Gasteiger charge is -2.48. The SMILES string of the molecule is COc1cccc2c1[C@@H]1C(c3ccccc3)=C[C@]1(C(=O)c1ccccc1)C(=O)O2. The van der Waals surface area contributed by atoms with E-state index in [1.54, 1.807) is 49.6 Å². The van der Waals surface area contributed by atoms with Gasteiger partial charge in [-0.25, -0.2) is 0 Å². The fraction of sp³-hybridized carbons (Fsp3) is 0.120. The number of methoxy groups -OCH3 is 1. The monoisotopic (exact) mass is 382 g/mol. The van der Waals surface area contributed by atoms with Crippen LogP contribution in [0.2, 0.25) is 0 Å². The number of esters is 1. The fourth-order valence-electron chi connectivity index (χ4n) is 4.38. The standard InChI is InChI=1S/C25H18O4/c1-28-19-13-8-14-20-21(19)22-18(16-9-4-2-5-10-16)15-25(22,24(27)29-20)23(26)17-11-6-3-7-12-17/h2-15,22H,1H3/t22-,25-/m0/s1. The molecular weight excluding hydrogens is 364 g/mol. The van der Waals surface area contributed by atoms with Crippen LogP contribution in [0.4, 0.5) is 0 Å². The molecule has 2 aliphatic rings. The molecule has 3 aromatic rings. The van der Waals surface area contributed by atoms with Gasteiger partial charge in [-0.15, -0.1) is 0 Å². The molecule has 5 rings (SSSR count). The first-order valence-electron chi connectivity index (χ1n) is 9.44. The number of Topliss-reactive ketones (excluding diaryl/α,β-unsaturated/α-hetero) is 1. The van der Waals surface area contributed by atoms with Crippen LogP contribution in [0.5, 0.6) is 11.5 Å². The van der Waals surface area contributed by atoms with Crippen molar-refractivity contribution in [3.05, 3.63) is 102 Å². The Balaban J connectivity index is 1.76. The number of hydrogen-bond donors (Lipinski definition) is 0. The van der Waals surface area contributed by atoms with E-state index in [0.29, 0.717) is 17.1 Å². The first kappa shape index (κ1) is 17.4. The normalized spacial score (nSPS) is 21.8. The minimum Gasteiger partial charge on any atom is -0.496 e. The number of allylic oxidation sites excluding steroid dienone is 1. The maximum absolute atomic E-state index is 13.6. The van der Waals surface area contributed by atoms with E-state index in [2.05, 4.69) is 0 Å². The summed E-state index contributed by atoms with van der Waals surface area (Å²) in [6.45, 7) is 0. The summed E-state index contributed by atoms with van der Waals surface area (Å²) in [5.41, 5.74) is 1.72. The molecule has 0 amide bonds. The number of benzene rings is 3. The van der Waals surface area contributed by atoms with Gasteiger partial charge in [-0.3, -0.25) is 9.59 Å². The highest BCUT2D eigenvalue weighted by molar-refractivity contribution is 6.21. The van der Waals surface area contributed by atoms with E-state index in [4.69, 9.17) is 9.47 Å². The van der Waals surface area contributed by atoms with Gasteiger partial charge >= 0.3 is 5.97 Å². The van der Waals surface area contributed by atoms with E-state index >= 15 is 0 Å². The number of rotatable bonds is 4. The Hall–Kier alpha value is -3.66. The van der Waals surface area contributed by atoms with E-state index in [0.717, 1.165) is 16.7 Å². The van der Waals surface area contributed by atoms with Crippen molar-refractivity contribution in [1.82, 2.24) is 0 Å². The lowest BCUT2D eigenvalue weighted by Crippen LogP contribution is -2.53. The molecule has 0 saturated heterocycles. The maximum atomic E-state index is 13.6. The predicted octanol–water partition coefficient (Wildman–Crippen LogP) is 4.66. The number of ketones is 1. The van der Waals surface area contributed by atoms with Gasteiger partial charge in [0.05, 0.1) is 7.11 Å². The first-order chi connectivity index (χ1) is 14.2. The predicted molar refractivity (Wildman–Crippen MR) is 109 cm³/mol. The molecule has 2 atom stereocenters. The summed E-state index contributed by atoms with van der Waals surface area (Å²) in [5.74, 6) is -0.227. The van der Waals surface area contributed by atoms with E-state index in [1.807, 2.05) is 42.5 Å². The third-order valence-corrected chi connectivity index (χ3v) is 5.74. The van der Waals surface area contributed by atoms with Gasteiger partial charge in [0, 0.05) is 17.0 Å². The molecule has 142 valence electrons. The second-order valence-electron chi connectivity index (χ2n) is 7.22. The Morgan fingerprint density at radius 3 is 2.31 bits per heavy atom. The molecular formula is C25H18O4. The summed E-state index contributed by atoms with van der Waals surface area (Å²) in [6.07, 6.45) is 1.76. The van der Waals surface area contributed by atoms with Crippen LogP contribution in [0.3, 0.4) is 0 Å². The van der Waals surface area contributed by atoms with Crippen molar-refractivity contribution in [2.75, 3.05) is 7.11 Å². The summed E-state index contributed by atoms with van der Waals surface area (Å²) in [5, 5.41) is 0. The smallest absolute Gasteiger partial charge is 0.330 e. The van der Waals surface area contributed by atoms with Crippen LogP contribution < -0.4 is 9.47 Å². The Labute approximate surface area is 168 Å². The van der Waals surface area contributed by atoms with Gasteiger partial charge < -0.3 is 9.47 Å². The molecule has 1 aliphatic heterocycles. The van der Waals surface area contributed by atoms with Crippen molar-refractivity contribution in [2.45, 2.75) is 5.92 Å². The zero-order valence-corrected chi connectivity index (χ0v) is 15.8. The molecule has 1 heterocycles. The highest BCUT2D eigenvalue weighted by atomic mass is 16.5. The summed E-state index contributed by atoms with van der Waals surface area (Å²) < 4.78 is 11.2. The Morgan fingerprint density at radius 2 is 1.62 bits per heavy atom. The average molecular weight is 382 g/mol. The van der Waals surface area contributed by atoms with Crippen LogP contribution in [0.1, 0.15) is 27.4 Å². The average Bonchev–Trinajstić information content (AvgIpc) is 2.75. The molecule has 0 N–H and O–H groups in total. The van der Waals surface area contributed by atoms with E-state index in [-0.39, 0.29) is 5.78 Å². The van der Waals surface area contributed by atoms with Gasteiger partial charge in [-0.2, -0.15) is 0 Å². The molecule has 0 aromatic heterocycles. The van der Waals surface area contributed by atoms with Crippen molar-refractivity contribution in [3.8, 4) is 11.5 Å². The maximum Gasteiger partial charge on any atom is 0.330 e. The number of fused-ring (bicyclic) bond motifs is 3. The van der Waals surface area contributed by atoms with Gasteiger partial charge in [-0.1, -0.05) is 72.8 Å². The van der Waals surface area contributed by atoms with Crippen LogP contribution >= 0.6 is 0 Å². The van der Waals surface area contributed by atoms with E-state index < -0.39 is 17.3 Å². The second-order valence-corrected chi connectivity index (χ2v) is 7.22. The van der Waals surface area contributed by atoms with Crippen LogP contribution in [0.15, 0.2) is 84.9 Å². The Kier molecular flexibility index (Phi) is 3.88. The third kappa shape index (κ3) is 2.39. The van der Waals surface area contributed by atoms with Crippen LogP contribution in [-0.4, -0.2) is 18.9 Å². The molecule has 4 nitrogen and oxygen atoms in total. The van der Waals surface area contributed by atoms with Crippen LogP contribution in [0, 0.1) is 5.41 Å². The molecule has 29 heavy (non-hydrogen) atoms. The zero-order valence-electron chi connectivity index (χ0n) is 15.8. The van der Waals surface area contributed by atoms with E-state index in [9.17, 15) is 9.59 Å². The molecule has 0 spiro atoms. The van der Waals surface area contributed by atoms with Gasteiger partial charge in [0.25, 0.3) is 0 Å². The highest BCUT2D eigenvalue weighted by Crippen LogP contribution is 2.63. The molecule has 4 heteroatoms. The van der Waals surface area contributed by atoms with Gasteiger partial charge in [0.15, 0.2) is 11.2 Å². The minimum absolute atomic E-state index is 0.260. The molecule has 1 aliphatic carbocycles. The van der Waals surface area contributed by atoms with Gasteiger partial charge in [0.1, 0.15) is 11.5 Å². The zero-order chi connectivity index (χ0) is 20.0. The minimum atomic E-state index is -1.39. The molecule has 0 bridgehead atoms. The first-order valence-corrected chi connectivity index (χ1v) is 9.44. The van der Waals surface area contributed by atoms with E-state index in [1.165, 1.54) is 0 Å². The van der Waals surface area contributed by atoms with Crippen molar-refractivity contribution in [1.29, 1.82) is 0 Å². The fourth-order valence-corrected chi connectivity index (χ4v) is 4.38. The topological polar surface area (TPSA) is 52.6 Å². The van der Waals surface area contributed by atoms with Crippen molar-refractivity contribution < 1.29 is 19.1 Å². The molecule has 0 saturated carbocycles. The molecule has 0 radical (unpaired) electrons. The summed E-state index contributed by atoms with van der Waals surface area (Å²) in [7, 11) is 1.58. The Morgan fingerprint density at radius 1 is 0.931 bits per heavy atom. The van der Waals surface area contributed by atoms with Crippen molar-refractivity contribution >= 4 is 17.3 Å². The summed E-state index contributed by atoms with van der Waals surface area (Å²) in [6, 6.07) is 24.0. The number of hydrogen-bond acceptors (Lipinski definition) is 4. The molecule has 0 fully saturated rings. The lowest BCUT2D eigenvalue weighted by atomic mass is 9.54. The van der Waals surface area contributed by atoms with Crippen molar-refractivity contribution in [2.24, 2.45) is 5.41 Å². The van der Waals surface area contributed by atoms with Gasteiger partial charge in [-0.05, 0) is 23.3 Å². The quantitative estimate of drug-likeness (QED) is 0.285. The molecule has 0 unspecified atom stereocenters. The van der Waals surface area contributed by atoms with Crippen LogP contribution in [0.25, 0.3) is 5.57 Å². The number of carbonyl (C=O) groups is 2. The van der Waals surface area contributed by atoms with Gasteiger partial charge in [0.2, 0.25) is 0 Å².